The molecule has 2 aliphatic rings. The summed E-state index contributed by atoms with van der Waals surface area (Å²) in [4.78, 5) is 25.2. The number of nitrogens with zero attached hydrogens (tertiary/aromatic N) is 2. The lowest BCUT2D eigenvalue weighted by Crippen LogP contribution is -2.49. The van der Waals surface area contributed by atoms with Crippen molar-refractivity contribution < 1.29 is 22.7 Å². The van der Waals surface area contributed by atoms with Crippen molar-refractivity contribution in [2.75, 3.05) is 39.0 Å². The van der Waals surface area contributed by atoms with E-state index in [0.717, 1.165) is 6.26 Å². The van der Waals surface area contributed by atoms with Crippen molar-refractivity contribution in [1.29, 1.82) is 0 Å². The van der Waals surface area contributed by atoms with Crippen LogP contribution < -0.4 is 5.32 Å². The van der Waals surface area contributed by atoms with Crippen LogP contribution in [0.3, 0.4) is 0 Å². The predicted octanol–water partition coefficient (Wildman–Crippen LogP) is -0.385. The van der Waals surface area contributed by atoms with Gasteiger partial charge in [-0.3, -0.25) is 4.79 Å². The smallest absolute Gasteiger partial charge is 0.410 e. The molecule has 2 heterocycles. The van der Waals surface area contributed by atoms with Gasteiger partial charge in [0, 0.05) is 25.7 Å². The van der Waals surface area contributed by atoms with Crippen LogP contribution in [0.25, 0.3) is 0 Å². The highest BCUT2D eigenvalue weighted by atomic mass is 32.2. The molecule has 0 saturated carbocycles. The van der Waals surface area contributed by atoms with Crippen molar-refractivity contribution in [3.8, 4) is 0 Å². The number of cyclic esters (lactones) is 1. The summed E-state index contributed by atoms with van der Waals surface area (Å²) in [5.41, 5.74) is 0. The monoisotopic (exact) mass is 333 g/mol. The Labute approximate surface area is 130 Å². The Balaban J connectivity index is 1.84. The molecule has 2 unspecified atom stereocenters. The van der Waals surface area contributed by atoms with Crippen LogP contribution in [-0.4, -0.2) is 74.7 Å². The third-order valence-electron chi connectivity index (χ3n) is 3.95. The second-order valence-electron chi connectivity index (χ2n) is 5.93. The van der Waals surface area contributed by atoms with Crippen molar-refractivity contribution >= 4 is 22.0 Å². The van der Waals surface area contributed by atoms with Crippen LogP contribution in [0.5, 0.6) is 0 Å². The zero-order chi connectivity index (χ0) is 16.3. The van der Waals surface area contributed by atoms with Gasteiger partial charge in [-0.1, -0.05) is 0 Å². The van der Waals surface area contributed by atoms with Crippen LogP contribution in [0, 0.1) is 5.92 Å². The van der Waals surface area contributed by atoms with Gasteiger partial charge in [0.05, 0.1) is 18.7 Å². The molecular weight excluding hydrogens is 310 g/mol. The number of hydrogen-bond acceptors (Lipinski definition) is 5. The molecular formula is C13H23N3O5S. The lowest BCUT2D eigenvalue weighted by molar-refractivity contribution is -0.126. The number of amides is 2. The molecule has 0 radical (unpaired) electrons. The molecule has 0 aliphatic carbocycles. The van der Waals surface area contributed by atoms with Crippen molar-refractivity contribution in [1.82, 2.24) is 14.5 Å². The minimum atomic E-state index is -3.26. The highest BCUT2D eigenvalue weighted by molar-refractivity contribution is 7.88. The number of sulfonamides is 1. The molecule has 126 valence electrons. The van der Waals surface area contributed by atoms with Crippen LogP contribution in [0.4, 0.5) is 4.79 Å². The normalized spacial score (nSPS) is 24.9. The second kappa shape index (κ2) is 6.82. The Kier molecular flexibility index (Phi) is 5.28. The topological polar surface area (TPSA) is 96.0 Å². The average molecular weight is 333 g/mol. The van der Waals surface area contributed by atoms with E-state index in [4.69, 9.17) is 4.74 Å². The minimum absolute atomic E-state index is 0.159. The van der Waals surface area contributed by atoms with Gasteiger partial charge in [0.1, 0.15) is 6.61 Å². The van der Waals surface area contributed by atoms with Gasteiger partial charge in [0.25, 0.3) is 0 Å². The number of piperidine rings is 1. The van der Waals surface area contributed by atoms with E-state index >= 15 is 0 Å². The molecule has 0 aromatic rings. The molecule has 2 aliphatic heterocycles. The first-order valence-electron chi connectivity index (χ1n) is 7.44. The molecule has 0 aromatic carbocycles. The number of carbonyl (C=O) groups excluding carboxylic acids is 2. The van der Waals surface area contributed by atoms with Gasteiger partial charge in [-0.15, -0.1) is 0 Å². The second-order valence-corrected chi connectivity index (χ2v) is 7.91. The molecule has 2 rings (SSSR count). The molecule has 1 N–H and O–H groups in total. The third kappa shape index (κ3) is 4.33. The molecule has 0 bridgehead atoms. The van der Waals surface area contributed by atoms with Gasteiger partial charge in [0.15, 0.2) is 0 Å². The molecule has 2 atom stereocenters. The zero-order valence-electron chi connectivity index (χ0n) is 12.9. The fraction of sp³-hybridized carbons (Fsp3) is 0.846. The van der Waals surface area contributed by atoms with Crippen LogP contribution >= 0.6 is 0 Å². The van der Waals surface area contributed by atoms with Gasteiger partial charge in [-0.05, 0) is 19.8 Å². The number of rotatable bonds is 5. The fourth-order valence-corrected chi connectivity index (χ4v) is 3.70. The predicted molar refractivity (Wildman–Crippen MR) is 79.7 cm³/mol. The summed E-state index contributed by atoms with van der Waals surface area (Å²) in [6.07, 6.45) is 2.16. The average Bonchev–Trinajstić information content (AvgIpc) is 2.83. The molecule has 2 amide bonds. The molecule has 22 heavy (non-hydrogen) atoms. The Morgan fingerprint density at radius 2 is 2.18 bits per heavy atom. The van der Waals surface area contributed by atoms with Gasteiger partial charge in [-0.2, -0.15) is 0 Å². The third-order valence-corrected chi connectivity index (χ3v) is 5.22. The summed E-state index contributed by atoms with van der Waals surface area (Å²) < 4.78 is 29.3. The van der Waals surface area contributed by atoms with Gasteiger partial charge < -0.3 is 15.0 Å². The summed E-state index contributed by atoms with van der Waals surface area (Å²) in [6, 6.07) is -0.202. The fourth-order valence-electron chi connectivity index (χ4n) is 2.79. The van der Waals surface area contributed by atoms with Gasteiger partial charge in [-0.25, -0.2) is 17.5 Å². The van der Waals surface area contributed by atoms with E-state index < -0.39 is 10.0 Å². The lowest BCUT2D eigenvalue weighted by Gasteiger charge is -2.31. The maximum absolute atomic E-state index is 12.3. The van der Waals surface area contributed by atoms with E-state index in [2.05, 4.69) is 5.32 Å². The number of nitrogens with one attached hydrogen (secondary N) is 1. The minimum Gasteiger partial charge on any atom is -0.448 e. The van der Waals surface area contributed by atoms with Gasteiger partial charge in [0.2, 0.25) is 15.9 Å². The van der Waals surface area contributed by atoms with Crippen LogP contribution in [-0.2, 0) is 19.6 Å². The quantitative estimate of drug-likeness (QED) is 0.739. The largest absolute Gasteiger partial charge is 0.448 e. The van der Waals surface area contributed by atoms with E-state index in [1.54, 1.807) is 4.90 Å². The van der Waals surface area contributed by atoms with E-state index in [-0.39, 0.29) is 30.5 Å². The first-order valence-corrected chi connectivity index (χ1v) is 9.29. The van der Waals surface area contributed by atoms with Crippen molar-refractivity contribution in [3.63, 3.8) is 0 Å². The molecule has 2 fully saturated rings. The van der Waals surface area contributed by atoms with E-state index in [0.29, 0.717) is 39.1 Å². The molecule has 0 spiro atoms. The standard InChI is InChI=1S/C13H23N3O5S/c1-10(8-15-6-7-21-13(15)18)14-12(17)11-4-3-5-16(9-11)22(2,19)20/h10-11H,3-9H2,1-2H3,(H,14,17). The maximum atomic E-state index is 12.3. The Hall–Kier alpha value is -1.35. The summed E-state index contributed by atoms with van der Waals surface area (Å²) in [5.74, 6) is -0.495. The van der Waals surface area contributed by atoms with E-state index in [1.165, 1.54) is 4.31 Å². The zero-order valence-corrected chi connectivity index (χ0v) is 13.8. The summed E-state index contributed by atoms with van der Waals surface area (Å²) in [6.45, 7) is 3.82. The van der Waals surface area contributed by atoms with E-state index in [9.17, 15) is 18.0 Å². The van der Waals surface area contributed by atoms with Crippen molar-refractivity contribution in [2.45, 2.75) is 25.8 Å². The van der Waals surface area contributed by atoms with Crippen LogP contribution in [0.1, 0.15) is 19.8 Å². The first-order chi connectivity index (χ1) is 10.3. The van der Waals surface area contributed by atoms with Crippen LogP contribution in [0.2, 0.25) is 0 Å². The summed E-state index contributed by atoms with van der Waals surface area (Å²) in [7, 11) is -3.26. The maximum Gasteiger partial charge on any atom is 0.410 e. The molecule has 0 aromatic heterocycles. The number of ether oxygens (including phenoxy) is 1. The lowest BCUT2D eigenvalue weighted by atomic mass is 9.98. The SMILES string of the molecule is CC(CN1CCOC1=O)NC(=O)C1CCCN(S(C)(=O)=O)C1. The Morgan fingerprint density at radius 3 is 2.77 bits per heavy atom. The first kappa shape index (κ1) is 17.0. The van der Waals surface area contributed by atoms with Crippen molar-refractivity contribution in [2.24, 2.45) is 5.92 Å². The summed E-state index contributed by atoms with van der Waals surface area (Å²) >= 11 is 0. The van der Waals surface area contributed by atoms with Crippen molar-refractivity contribution in [3.05, 3.63) is 0 Å². The number of hydrogen-bond donors (Lipinski definition) is 1. The summed E-state index contributed by atoms with van der Waals surface area (Å²) in [5, 5.41) is 2.86. The van der Waals surface area contributed by atoms with E-state index in [1.807, 2.05) is 6.92 Å². The Morgan fingerprint density at radius 1 is 1.45 bits per heavy atom. The molecule has 2 saturated heterocycles. The number of carbonyl (C=O) groups is 2. The van der Waals surface area contributed by atoms with Crippen LogP contribution in [0.15, 0.2) is 0 Å². The highest BCUT2D eigenvalue weighted by Gasteiger charge is 2.31. The Bertz CT molecular complexity index is 536. The highest BCUT2D eigenvalue weighted by Crippen LogP contribution is 2.19. The molecule has 9 heteroatoms. The molecule has 8 nitrogen and oxygen atoms in total. The van der Waals surface area contributed by atoms with Gasteiger partial charge >= 0.3 is 6.09 Å².